The maximum atomic E-state index is 12.7. The molecule has 116 valence electrons. The Kier molecular flexibility index (Phi) is 9.77. The van der Waals surface area contributed by atoms with Crippen LogP contribution in [0.5, 0.6) is 0 Å². The lowest BCUT2D eigenvalue weighted by atomic mass is 9.97. The monoisotopic (exact) mass is 282 g/mol. The summed E-state index contributed by atoms with van der Waals surface area (Å²) in [6.07, 6.45) is 4.72. The molecule has 0 radical (unpaired) electrons. The normalized spacial score (nSPS) is 12.0. The number of nitrogens with two attached hydrogens (primary N) is 1. The van der Waals surface area contributed by atoms with E-state index >= 15 is 0 Å². The van der Waals surface area contributed by atoms with Gasteiger partial charge < -0.3 is 10.6 Å². The fraction of sp³-hybridized carbons (Fsp3) is 0.750. The van der Waals surface area contributed by atoms with Crippen molar-refractivity contribution in [2.24, 2.45) is 5.73 Å². The first-order chi connectivity index (χ1) is 9.53. The van der Waals surface area contributed by atoms with Crippen LogP contribution in [0.4, 0.5) is 0 Å². The summed E-state index contributed by atoms with van der Waals surface area (Å²) >= 11 is 0. The van der Waals surface area contributed by atoms with Crippen LogP contribution in [0.2, 0.25) is 0 Å². The van der Waals surface area contributed by atoms with Gasteiger partial charge in [-0.15, -0.1) is 0 Å². The zero-order valence-corrected chi connectivity index (χ0v) is 13.5. The van der Waals surface area contributed by atoms with Crippen molar-refractivity contribution >= 4 is 11.8 Å². The summed E-state index contributed by atoms with van der Waals surface area (Å²) in [6, 6.07) is 0. The van der Waals surface area contributed by atoms with Crippen LogP contribution in [0.1, 0.15) is 66.2 Å². The van der Waals surface area contributed by atoms with Crippen LogP contribution in [0.15, 0.2) is 11.1 Å². The number of primary amides is 1. The summed E-state index contributed by atoms with van der Waals surface area (Å²) in [5, 5.41) is 0. The first-order valence-corrected chi connectivity index (χ1v) is 7.84. The van der Waals surface area contributed by atoms with Crippen molar-refractivity contribution < 1.29 is 9.59 Å². The third kappa shape index (κ3) is 5.76. The molecule has 2 amide bonds. The molecule has 0 saturated carbocycles. The second-order valence-electron chi connectivity index (χ2n) is 5.11. The molecule has 0 bridgehead atoms. The molecule has 0 heterocycles. The Labute approximate surface area is 123 Å². The predicted octanol–water partition coefficient (Wildman–Crippen LogP) is 3.02. The van der Waals surface area contributed by atoms with Gasteiger partial charge in [-0.1, -0.05) is 40.5 Å². The van der Waals surface area contributed by atoms with Gasteiger partial charge in [-0.05, 0) is 25.7 Å². The molecule has 0 aliphatic carbocycles. The first kappa shape index (κ1) is 18.7. The molecule has 0 rings (SSSR count). The van der Waals surface area contributed by atoms with Gasteiger partial charge in [0.15, 0.2) is 0 Å². The molecule has 20 heavy (non-hydrogen) atoms. The van der Waals surface area contributed by atoms with Crippen molar-refractivity contribution in [3.63, 3.8) is 0 Å². The van der Waals surface area contributed by atoms with Crippen molar-refractivity contribution in [2.75, 3.05) is 13.1 Å². The van der Waals surface area contributed by atoms with E-state index in [0.29, 0.717) is 24.0 Å². The van der Waals surface area contributed by atoms with Gasteiger partial charge >= 0.3 is 0 Å². The van der Waals surface area contributed by atoms with E-state index in [1.807, 2.05) is 18.7 Å². The van der Waals surface area contributed by atoms with E-state index in [2.05, 4.69) is 13.8 Å². The van der Waals surface area contributed by atoms with E-state index in [4.69, 9.17) is 5.73 Å². The van der Waals surface area contributed by atoms with Gasteiger partial charge in [-0.3, -0.25) is 9.59 Å². The Morgan fingerprint density at radius 2 is 1.25 bits per heavy atom. The molecule has 0 aromatic carbocycles. The van der Waals surface area contributed by atoms with Gasteiger partial charge in [-0.2, -0.15) is 0 Å². The fourth-order valence-electron chi connectivity index (χ4n) is 2.36. The van der Waals surface area contributed by atoms with Gasteiger partial charge in [0.2, 0.25) is 11.8 Å². The molecule has 2 N–H and O–H groups in total. The highest BCUT2D eigenvalue weighted by Crippen LogP contribution is 2.19. The van der Waals surface area contributed by atoms with E-state index < -0.39 is 5.91 Å². The highest BCUT2D eigenvalue weighted by molar-refractivity contribution is 6.04. The van der Waals surface area contributed by atoms with Crippen LogP contribution in [0.3, 0.4) is 0 Å². The Hall–Kier alpha value is -1.32. The maximum Gasteiger partial charge on any atom is 0.250 e. The van der Waals surface area contributed by atoms with E-state index in [1.165, 1.54) is 0 Å². The summed E-state index contributed by atoms with van der Waals surface area (Å²) in [5.41, 5.74) is 6.63. The molecular formula is C16H30N2O2. The van der Waals surface area contributed by atoms with Crippen LogP contribution in [0, 0.1) is 0 Å². The van der Waals surface area contributed by atoms with E-state index in [1.54, 1.807) is 0 Å². The fourth-order valence-corrected chi connectivity index (χ4v) is 2.36. The van der Waals surface area contributed by atoms with Gasteiger partial charge in [0.1, 0.15) is 0 Å². The highest BCUT2D eigenvalue weighted by Gasteiger charge is 2.22. The van der Waals surface area contributed by atoms with Crippen molar-refractivity contribution in [3.05, 3.63) is 11.1 Å². The van der Waals surface area contributed by atoms with Crippen LogP contribution in [-0.4, -0.2) is 29.8 Å². The number of rotatable bonds is 10. The number of hydrogen-bond acceptors (Lipinski definition) is 2. The summed E-state index contributed by atoms with van der Waals surface area (Å²) in [4.78, 5) is 26.2. The minimum absolute atomic E-state index is 0.00204. The van der Waals surface area contributed by atoms with Crippen LogP contribution in [-0.2, 0) is 9.59 Å². The minimum atomic E-state index is -0.448. The van der Waals surface area contributed by atoms with Crippen molar-refractivity contribution in [3.8, 4) is 0 Å². The van der Waals surface area contributed by atoms with Crippen LogP contribution in [0.25, 0.3) is 0 Å². The average Bonchev–Trinajstić information content (AvgIpc) is 2.41. The lowest BCUT2D eigenvalue weighted by Gasteiger charge is -2.24. The van der Waals surface area contributed by atoms with Gasteiger partial charge in [0, 0.05) is 24.2 Å². The quantitative estimate of drug-likeness (QED) is 0.626. The number of carbonyl (C=O) groups excluding carboxylic acids is 2. The third-order valence-corrected chi connectivity index (χ3v) is 3.19. The molecule has 0 fully saturated rings. The molecule has 4 heteroatoms. The first-order valence-electron chi connectivity index (χ1n) is 7.84. The Bertz CT molecular complexity index is 342. The average molecular weight is 282 g/mol. The zero-order chi connectivity index (χ0) is 15.5. The van der Waals surface area contributed by atoms with Gasteiger partial charge in [-0.25, -0.2) is 0 Å². The van der Waals surface area contributed by atoms with E-state index in [9.17, 15) is 9.59 Å². The molecule has 0 aromatic heterocycles. The minimum Gasteiger partial charge on any atom is -0.366 e. The lowest BCUT2D eigenvalue weighted by molar-refractivity contribution is -0.128. The SMILES string of the molecule is CCC/C(C(N)=O)=C(\CCC)C(=O)N(CCC)CCC. The van der Waals surface area contributed by atoms with Crippen LogP contribution < -0.4 is 5.73 Å². The van der Waals surface area contributed by atoms with E-state index in [0.717, 1.165) is 38.8 Å². The Morgan fingerprint density at radius 3 is 1.60 bits per heavy atom. The van der Waals surface area contributed by atoms with Crippen molar-refractivity contribution in [1.82, 2.24) is 4.90 Å². The summed E-state index contributed by atoms with van der Waals surface area (Å²) in [7, 11) is 0. The largest absolute Gasteiger partial charge is 0.366 e. The summed E-state index contributed by atoms with van der Waals surface area (Å²) < 4.78 is 0. The highest BCUT2D eigenvalue weighted by atomic mass is 16.2. The molecule has 4 nitrogen and oxygen atoms in total. The smallest absolute Gasteiger partial charge is 0.250 e. The van der Waals surface area contributed by atoms with Crippen LogP contribution >= 0.6 is 0 Å². The molecule has 0 aliphatic heterocycles. The predicted molar refractivity (Wildman–Crippen MR) is 83.2 cm³/mol. The molecule has 0 saturated heterocycles. The second-order valence-corrected chi connectivity index (χ2v) is 5.11. The number of nitrogens with zero attached hydrogens (tertiary/aromatic N) is 1. The molecule has 0 atom stereocenters. The molecule has 0 unspecified atom stereocenters. The molecule has 0 aliphatic rings. The molecule has 0 spiro atoms. The van der Waals surface area contributed by atoms with E-state index in [-0.39, 0.29) is 5.91 Å². The van der Waals surface area contributed by atoms with Gasteiger partial charge in [0.05, 0.1) is 0 Å². The Morgan fingerprint density at radius 1 is 0.800 bits per heavy atom. The maximum absolute atomic E-state index is 12.7. The molecular weight excluding hydrogens is 252 g/mol. The zero-order valence-electron chi connectivity index (χ0n) is 13.5. The number of carbonyl (C=O) groups is 2. The molecule has 0 aromatic rings. The third-order valence-electron chi connectivity index (χ3n) is 3.19. The standard InChI is InChI=1S/C16H30N2O2/c1-5-9-13(15(17)19)14(10-6-2)16(20)18(11-7-3)12-8-4/h5-12H2,1-4H3,(H2,17,19)/b14-13-. The van der Waals surface area contributed by atoms with Crippen molar-refractivity contribution in [1.29, 1.82) is 0 Å². The lowest BCUT2D eigenvalue weighted by Crippen LogP contribution is -2.35. The second kappa shape index (κ2) is 10.5. The topological polar surface area (TPSA) is 63.4 Å². The summed E-state index contributed by atoms with van der Waals surface area (Å²) in [6.45, 7) is 9.59. The number of hydrogen-bond donors (Lipinski definition) is 1. The van der Waals surface area contributed by atoms with Crippen molar-refractivity contribution in [2.45, 2.75) is 66.2 Å². The summed E-state index contributed by atoms with van der Waals surface area (Å²) in [5.74, 6) is -0.450. The number of amides is 2. The Balaban J connectivity index is 5.44. The van der Waals surface area contributed by atoms with Gasteiger partial charge in [0.25, 0.3) is 0 Å².